The number of hydrogen-bond acceptors (Lipinski definition) is 4. The molecule has 0 aliphatic heterocycles. The molecule has 0 aliphatic carbocycles. The lowest BCUT2D eigenvalue weighted by Gasteiger charge is -2.12. The summed E-state index contributed by atoms with van der Waals surface area (Å²) in [6.07, 6.45) is 2.40. The molecule has 3 aromatic heterocycles. The SMILES string of the molecule is CC(Cc1cc(=O)n2[nH]cc(-c3ccccc3)c2n1)n1nnc2ccccc21. The zero-order valence-electron chi connectivity index (χ0n) is 15.3. The molecule has 0 fully saturated rings. The summed E-state index contributed by atoms with van der Waals surface area (Å²) in [5.41, 5.74) is 4.98. The molecule has 7 nitrogen and oxygen atoms in total. The molecule has 0 aliphatic rings. The van der Waals surface area contributed by atoms with Gasteiger partial charge in [0.1, 0.15) is 5.52 Å². The van der Waals surface area contributed by atoms with Gasteiger partial charge in [-0.2, -0.15) is 0 Å². The molecule has 5 rings (SSSR count). The van der Waals surface area contributed by atoms with Crippen LogP contribution in [-0.4, -0.2) is 29.6 Å². The number of benzene rings is 2. The number of para-hydroxylation sites is 1. The summed E-state index contributed by atoms with van der Waals surface area (Å²) in [5, 5.41) is 11.5. The van der Waals surface area contributed by atoms with Gasteiger partial charge < -0.3 is 0 Å². The lowest BCUT2D eigenvalue weighted by molar-refractivity contribution is 0.484. The van der Waals surface area contributed by atoms with Gasteiger partial charge in [0.15, 0.2) is 5.65 Å². The number of rotatable bonds is 4. The second kappa shape index (κ2) is 6.45. The fourth-order valence-electron chi connectivity index (χ4n) is 3.57. The van der Waals surface area contributed by atoms with Crippen molar-refractivity contribution in [1.29, 1.82) is 0 Å². The van der Waals surface area contributed by atoms with E-state index >= 15 is 0 Å². The molecule has 28 heavy (non-hydrogen) atoms. The second-order valence-corrected chi connectivity index (χ2v) is 6.87. The Morgan fingerprint density at radius 3 is 2.71 bits per heavy atom. The molecule has 0 saturated carbocycles. The van der Waals surface area contributed by atoms with Gasteiger partial charge in [-0.15, -0.1) is 5.10 Å². The number of nitrogens with zero attached hydrogens (tertiary/aromatic N) is 5. The first-order valence-electron chi connectivity index (χ1n) is 9.16. The first-order chi connectivity index (χ1) is 13.7. The van der Waals surface area contributed by atoms with Gasteiger partial charge in [-0.05, 0) is 24.6 Å². The van der Waals surface area contributed by atoms with Crippen LogP contribution in [0.1, 0.15) is 18.7 Å². The molecule has 7 heteroatoms. The molecule has 1 atom stereocenters. The van der Waals surface area contributed by atoms with Gasteiger partial charge in [-0.3, -0.25) is 9.89 Å². The van der Waals surface area contributed by atoms with Crippen molar-refractivity contribution in [2.24, 2.45) is 0 Å². The van der Waals surface area contributed by atoms with Crippen molar-refractivity contribution in [3.63, 3.8) is 0 Å². The predicted molar refractivity (Wildman–Crippen MR) is 107 cm³/mol. The second-order valence-electron chi connectivity index (χ2n) is 6.87. The molecule has 1 N–H and O–H groups in total. The summed E-state index contributed by atoms with van der Waals surface area (Å²) in [6, 6.07) is 19.4. The molecule has 0 spiro atoms. The van der Waals surface area contributed by atoms with Crippen molar-refractivity contribution < 1.29 is 0 Å². The van der Waals surface area contributed by atoms with Crippen molar-refractivity contribution in [2.45, 2.75) is 19.4 Å². The minimum atomic E-state index is -0.127. The molecular formula is C21H18N6O. The summed E-state index contributed by atoms with van der Waals surface area (Å²) < 4.78 is 3.36. The highest BCUT2D eigenvalue weighted by Gasteiger charge is 2.15. The highest BCUT2D eigenvalue weighted by atomic mass is 16.1. The number of aromatic nitrogens is 6. The van der Waals surface area contributed by atoms with E-state index in [2.05, 4.69) is 22.3 Å². The van der Waals surface area contributed by atoms with Gasteiger partial charge in [0, 0.05) is 24.2 Å². The van der Waals surface area contributed by atoms with E-state index in [4.69, 9.17) is 4.98 Å². The van der Waals surface area contributed by atoms with Crippen molar-refractivity contribution in [2.75, 3.05) is 0 Å². The lowest BCUT2D eigenvalue weighted by atomic mass is 10.1. The first-order valence-corrected chi connectivity index (χ1v) is 9.16. The standard InChI is InChI=1S/C21H18N6O/c1-14(26-19-10-6-5-9-18(19)24-25-26)11-16-12-20(28)27-21(23-16)17(13-22-27)15-7-3-2-4-8-15/h2-10,12-14,22H,11H2,1H3. The Balaban J connectivity index is 1.55. The number of nitrogens with one attached hydrogen (secondary N) is 1. The molecular weight excluding hydrogens is 352 g/mol. The summed E-state index contributed by atoms with van der Waals surface area (Å²) in [4.78, 5) is 17.4. The fraction of sp³-hybridized carbons (Fsp3) is 0.143. The van der Waals surface area contributed by atoms with Gasteiger partial charge in [0.05, 0.1) is 17.3 Å². The molecule has 0 amide bonds. The van der Waals surface area contributed by atoms with Crippen molar-refractivity contribution in [1.82, 2.24) is 29.6 Å². The molecule has 138 valence electrons. The Morgan fingerprint density at radius 2 is 1.86 bits per heavy atom. The Labute approximate surface area is 160 Å². The summed E-state index contributed by atoms with van der Waals surface area (Å²) in [7, 11) is 0. The van der Waals surface area contributed by atoms with E-state index in [-0.39, 0.29) is 11.6 Å². The highest BCUT2D eigenvalue weighted by Crippen LogP contribution is 2.23. The Kier molecular flexibility index (Phi) is 3.79. The molecule has 3 heterocycles. The molecule has 0 bridgehead atoms. The van der Waals surface area contributed by atoms with Crippen LogP contribution < -0.4 is 5.56 Å². The Hall–Kier alpha value is -3.74. The fourth-order valence-corrected chi connectivity index (χ4v) is 3.57. The zero-order valence-corrected chi connectivity index (χ0v) is 15.3. The van der Waals surface area contributed by atoms with Crippen LogP contribution in [0.2, 0.25) is 0 Å². The van der Waals surface area contributed by atoms with Crippen LogP contribution in [0.3, 0.4) is 0 Å². The third-order valence-corrected chi connectivity index (χ3v) is 4.93. The predicted octanol–water partition coefficient (Wildman–Crippen LogP) is 3.24. The van der Waals surface area contributed by atoms with Gasteiger partial charge in [-0.1, -0.05) is 47.7 Å². The maximum atomic E-state index is 12.6. The van der Waals surface area contributed by atoms with E-state index in [9.17, 15) is 4.79 Å². The largest absolute Gasteiger partial charge is 0.296 e. The maximum Gasteiger partial charge on any atom is 0.272 e. The molecule has 0 radical (unpaired) electrons. The van der Waals surface area contributed by atoms with Crippen LogP contribution in [0.25, 0.3) is 27.8 Å². The minimum Gasteiger partial charge on any atom is -0.296 e. The van der Waals surface area contributed by atoms with Crippen LogP contribution in [0.5, 0.6) is 0 Å². The van der Waals surface area contributed by atoms with E-state index in [1.165, 1.54) is 4.52 Å². The molecule has 0 saturated heterocycles. The van der Waals surface area contributed by atoms with E-state index in [0.717, 1.165) is 27.9 Å². The average Bonchev–Trinajstić information content (AvgIpc) is 3.33. The zero-order chi connectivity index (χ0) is 19.1. The number of fused-ring (bicyclic) bond motifs is 2. The van der Waals surface area contributed by atoms with E-state index in [0.29, 0.717) is 12.1 Å². The number of H-pyrrole nitrogens is 1. The van der Waals surface area contributed by atoms with E-state index < -0.39 is 0 Å². The van der Waals surface area contributed by atoms with Crippen LogP contribution in [-0.2, 0) is 6.42 Å². The van der Waals surface area contributed by atoms with Crippen LogP contribution in [0, 0.1) is 0 Å². The van der Waals surface area contributed by atoms with E-state index in [1.54, 1.807) is 6.07 Å². The third kappa shape index (κ3) is 2.68. The third-order valence-electron chi connectivity index (χ3n) is 4.93. The molecule has 1 unspecified atom stereocenters. The van der Waals surface area contributed by atoms with Crippen molar-refractivity contribution in [3.8, 4) is 11.1 Å². The molecule has 5 aromatic rings. The van der Waals surface area contributed by atoms with Gasteiger partial charge in [0.25, 0.3) is 5.56 Å². The Bertz CT molecular complexity index is 1330. The molecule has 2 aromatic carbocycles. The maximum absolute atomic E-state index is 12.6. The number of aromatic amines is 1. The van der Waals surface area contributed by atoms with Crippen molar-refractivity contribution in [3.05, 3.63) is 82.9 Å². The van der Waals surface area contributed by atoms with E-state index in [1.807, 2.05) is 65.5 Å². The average molecular weight is 370 g/mol. The van der Waals surface area contributed by atoms with Crippen LogP contribution >= 0.6 is 0 Å². The minimum absolute atomic E-state index is 0.0147. The summed E-state index contributed by atoms with van der Waals surface area (Å²) in [6.45, 7) is 2.06. The van der Waals surface area contributed by atoms with Gasteiger partial charge in [0.2, 0.25) is 0 Å². The lowest BCUT2D eigenvalue weighted by Crippen LogP contribution is -2.18. The topological polar surface area (TPSA) is 80.9 Å². The van der Waals surface area contributed by atoms with Gasteiger partial charge in [-0.25, -0.2) is 14.2 Å². The highest BCUT2D eigenvalue weighted by molar-refractivity contribution is 5.77. The monoisotopic (exact) mass is 370 g/mol. The summed E-state index contributed by atoms with van der Waals surface area (Å²) >= 11 is 0. The quantitative estimate of drug-likeness (QED) is 0.527. The van der Waals surface area contributed by atoms with Crippen LogP contribution in [0.15, 0.2) is 71.7 Å². The van der Waals surface area contributed by atoms with Crippen molar-refractivity contribution >= 4 is 16.7 Å². The van der Waals surface area contributed by atoms with Crippen LogP contribution in [0.4, 0.5) is 0 Å². The number of hydrogen-bond donors (Lipinski definition) is 1. The summed E-state index contributed by atoms with van der Waals surface area (Å²) in [5.74, 6) is 0. The van der Waals surface area contributed by atoms with Gasteiger partial charge >= 0.3 is 0 Å². The Morgan fingerprint density at radius 1 is 1.07 bits per heavy atom. The normalized spacial score (nSPS) is 12.6. The first kappa shape index (κ1) is 16.4. The smallest absolute Gasteiger partial charge is 0.272 e.